The molecule has 0 N–H and O–H groups in total. The predicted octanol–water partition coefficient (Wildman–Crippen LogP) is 11.8. The second-order valence-corrected chi connectivity index (χ2v) is 13.8. The lowest BCUT2D eigenvalue weighted by atomic mass is 9.70. The van der Waals surface area contributed by atoms with Crippen LogP contribution >= 0.6 is 31.9 Å². The summed E-state index contributed by atoms with van der Waals surface area (Å²) in [7, 11) is 0. The molecule has 0 spiro atoms. The highest BCUT2D eigenvalue weighted by atomic mass is 79.9. The van der Waals surface area contributed by atoms with Crippen molar-refractivity contribution in [1.29, 1.82) is 0 Å². The number of unbranched alkanes of at least 4 members (excludes halogenated alkanes) is 2. The monoisotopic (exact) mass is 598 g/mol. The maximum atomic E-state index is 3.83. The lowest BCUT2D eigenvalue weighted by molar-refractivity contribution is 0.310. The normalized spacial score (nSPS) is 20.1. The molecule has 2 heteroatoms. The molecule has 3 aliphatic rings. The van der Waals surface area contributed by atoms with Gasteiger partial charge in [0.05, 0.1) is 0 Å². The molecule has 0 aromatic heterocycles. The average Bonchev–Trinajstić information content (AvgIpc) is 3.14. The highest BCUT2D eigenvalue weighted by Gasteiger charge is 2.42. The number of hydrogen-bond donors (Lipinski definition) is 0. The number of benzene rings is 2. The van der Waals surface area contributed by atoms with Gasteiger partial charge in [-0.1, -0.05) is 147 Å². The molecule has 0 atom stereocenters. The average molecular weight is 601 g/mol. The Balaban J connectivity index is 1.34. The summed E-state index contributed by atoms with van der Waals surface area (Å²) in [6, 6.07) is 14.2. The maximum absolute atomic E-state index is 3.83. The van der Waals surface area contributed by atoms with Gasteiger partial charge in [-0.15, -0.1) is 0 Å². The van der Waals surface area contributed by atoms with E-state index >= 15 is 0 Å². The molecule has 0 heterocycles. The maximum Gasteiger partial charge on any atom is 0.0216 e. The third-order valence-corrected chi connectivity index (χ3v) is 10.7. The summed E-state index contributed by atoms with van der Waals surface area (Å²) in [4.78, 5) is 0. The molecular weight excluding hydrogens is 556 g/mol. The number of rotatable bonds is 10. The third kappa shape index (κ3) is 6.11. The quantitative estimate of drug-likeness (QED) is 0.238. The molecule has 2 aromatic rings. The first kappa shape index (κ1) is 26.0. The van der Waals surface area contributed by atoms with Crippen molar-refractivity contribution in [2.45, 2.75) is 121 Å². The Morgan fingerprint density at radius 1 is 0.571 bits per heavy atom. The van der Waals surface area contributed by atoms with E-state index in [1.165, 1.54) is 136 Å². The van der Waals surface area contributed by atoms with Gasteiger partial charge in [0.1, 0.15) is 0 Å². The first-order chi connectivity index (χ1) is 17.2. The number of halogens is 2. The molecule has 35 heavy (non-hydrogen) atoms. The minimum Gasteiger partial charge on any atom is -0.0533 e. The molecule has 0 saturated heterocycles. The Morgan fingerprint density at radius 3 is 1.43 bits per heavy atom. The molecule has 0 radical (unpaired) electrons. The zero-order valence-corrected chi connectivity index (χ0v) is 24.8. The SMILES string of the molecule is Brc1ccc2c(c1)C(CCCCC1CCCCC1)(CCCCC1CCCCC1)c1cc(Br)ccc1-2. The van der Waals surface area contributed by atoms with Gasteiger partial charge >= 0.3 is 0 Å². The molecule has 2 saturated carbocycles. The molecule has 3 aliphatic carbocycles. The van der Waals surface area contributed by atoms with Gasteiger partial charge in [0.15, 0.2) is 0 Å². The van der Waals surface area contributed by atoms with E-state index in [0.29, 0.717) is 0 Å². The van der Waals surface area contributed by atoms with Crippen LogP contribution in [0.25, 0.3) is 11.1 Å². The van der Waals surface area contributed by atoms with E-state index in [4.69, 9.17) is 0 Å². The summed E-state index contributed by atoms with van der Waals surface area (Å²) < 4.78 is 2.47. The minimum atomic E-state index is 0.178. The smallest absolute Gasteiger partial charge is 0.0216 e. The Labute approximate surface area is 231 Å². The van der Waals surface area contributed by atoms with Crippen molar-refractivity contribution in [3.63, 3.8) is 0 Å². The van der Waals surface area contributed by atoms with Crippen molar-refractivity contribution < 1.29 is 0 Å². The number of fused-ring (bicyclic) bond motifs is 3. The van der Waals surface area contributed by atoms with Crippen molar-refractivity contribution in [3.05, 3.63) is 56.5 Å². The van der Waals surface area contributed by atoms with Crippen molar-refractivity contribution >= 4 is 31.9 Å². The fraction of sp³-hybridized carbons (Fsp3) is 0.636. The van der Waals surface area contributed by atoms with Crippen LogP contribution in [0, 0.1) is 11.8 Å². The van der Waals surface area contributed by atoms with Crippen LogP contribution in [0.2, 0.25) is 0 Å². The van der Waals surface area contributed by atoms with Crippen LogP contribution in [0.4, 0.5) is 0 Å². The second-order valence-electron chi connectivity index (χ2n) is 12.0. The molecule has 5 rings (SSSR count). The van der Waals surface area contributed by atoms with Gasteiger partial charge in [-0.3, -0.25) is 0 Å². The molecule has 0 aliphatic heterocycles. The van der Waals surface area contributed by atoms with E-state index < -0.39 is 0 Å². The molecule has 190 valence electrons. The first-order valence-electron chi connectivity index (χ1n) is 14.8. The summed E-state index contributed by atoms with van der Waals surface area (Å²) in [6.07, 6.45) is 25.8. The summed E-state index contributed by atoms with van der Waals surface area (Å²) in [6.45, 7) is 0. The van der Waals surface area contributed by atoms with E-state index in [0.717, 1.165) is 11.8 Å². The van der Waals surface area contributed by atoms with Gasteiger partial charge in [0, 0.05) is 14.4 Å². The van der Waals surface area contributed by atoms with E-state index in [9.17, 15) is 0 Å². The highest BCUT2D eigenvalue weighted by molar-refractivity contribution is 9.10. The van der Waals surface area contributed by atoms with Crippen LogP contribution in [0.5, 0.6) is 0 Å². The Morgan fingerprint density at radius 2 is 1.00 bits per heavy atom. The predicted molar refractivity (Wildman–Crippen MR) is 158 cm³/mol. The van der Waals surface area contributed by atoms with E-state index in [1.807, 2.05) is 0 Å². The van der Waals surface area contributed by atoms with Gasteiger partial charge in [0.25, 0.3) is 0 Å². The summed E-state index contributed by atoms with van der Waals surface area (Å²) in [5.74, 6) is 2.00. The molecule has 0 unspecified atom stereocenters. The molecule has 0 amide bonds. The van der Waals surface area contributed by atoms with Crippen LogP contribution < -0.4 is 0 Å². The molecular formula is C33H44Br2. The standard InChI is InChI=1S/C33H44Br2/c34-27-17-19-29-30-20-18-28(35)24-32(30)33(31(29)23-27,21-9-7-15-25-11-3-1-4-12-25)22-10-8-16-26-13-5-2-6-14-26/h17-20,23-26H,1-16,21-22H2. The van der Waals surface area contributed by atoms with Gasteiger partial charge in [-0.25, -0.2) is 0 Å². The highest BCUT2D eigenvalue weighted by Crippen LogP contribution is 2.55. The second kappa shape index (κ2) is 12.3. The van der Waals surface area contributed by atoms with Crippen LogP contribution in [0.15, 0.2) is 45.3 Å². The van der Waals surface area contributed by atoms with Gasteiger partial charge in [0.2, 0.25) is 0 Å². The van der Waals surface area contributed by atoms with Crippen LogP contribution in [-0.2, 0) is 5.41 Å². The molecule has 0 nitrogen and oxygen atoms in total. The summed E-state index contributed by atoms with van der Waals surface area (Å²) in [5, 5.41) is 0. The van der Waals surface area contributed by atoms with Crippen LogP contribution in [0.3, 0.4) is 0 Å². The Kier molecular flexibility index (Phi) is 9.14. The molecule has 2 fully saturated rings. The lowest BCUT2D eigenvalue weighted by Crippen LogP contribution is -2.26. The topological polar surface area (TPSA) is 0 Å². The van der Waals surface area contributed by atoms with Crippen molar-refractivity contribution in [2.75, 3.05) is 0 Å². The first-order valence-corrected chi connectivity index (χ1v) is 16.3. The van der Waals surface area contributed by atoms with Gasteiger partial charge in [-0.2, -0.15) is 0 Å². The third-order valence-electron chi connectivity index (χ3n) is 9.67. The van der Waals surface area contributed by atoms with Gasteiger partial charge < -0.3 is 0 Å². The Bertz CT molecular complexity index is 886. The molecule has 2 aromatic carbocycles. The zero-order chi connectivity index (χ0) is 24.1. The van der Waals surface area contributed by atoms with Crippen molar-refractivity contribution in [2.24, 2.45) is 11.8 Å². The van der Waals surface area contributed by atoms with E-state index in [1.54, 1.807) is 11.1 Å². The van der Waals surface area contributed by atoms with E-state index in [-0.39, 0.29) is 5.41 Å². The minimum absolute atomic E-state index is 0.178. The summed E-state index contributed by atoms with van der Waals surface area (Å²) in [5.41, 5.74) is 6.33. The largest absolute Gasteiger partial charge is 0.0533 e. The van der Waals surface area contributed by atoms with Crippen LogP contribution in [-0.4, -0.2) is 0 Å². The van der Waals surface area contributed by atoms with Gasteiger partial charge in [-0.05, 0) is 71.2 Å². The van der Waals surface area contributed by atoms with Crippen molar-refractivity contribution in [1.82, 2.24) is 0 Å². The lowest BCUT2D eigenvalue weighted by Gasteiger charge is -2.33. The summed E-state index contributed by atoms with van der Waals surface area (Å²) >= 11 is 7.67. The van der Waals surface area contributed by atoms with E-state index in [2.05, 4.69) is 68.3 Å². The fourth-order valence-electron chi connectivity index (χ4n) is 7.77. The van der Waals surface area contributed by atoms with Crippen LogP contribution in [0.1, 0.15) is 127 Å². The zero-order valence-electron chi connectivity index (χ0n) is 21.6. The fourth-order valence-corrected chi connectivity index (χ4v) is 8.50. The van der Waals surface area contributed by atoms with Crippen molar-refractivity contribution in [3.8, 4) is 11.1 Å². The molecule has 0 bridgehead atoms. The number of hydrogen-bond acceptors (Lipinski definition) is 0. The Hall–Kier alpha value is -0.600.